The lowest BCUT2D eigenvalue weighted by molar-refractivity contribution is -0.131. The fourth-order valence-corrected chi connectivity index (χ4v) is 3.25. The Morgan fingerprint density at radius 2 is 2.17 bits per heavy atom. The number of rotatable bonds is 7. The van der Waals surface area contributed by atoms with Crippen molar-refractivity contribution in [3.63, 3.8) is 0 Å². The number of aromatic nitrogens is 1. The van der Waals surface area contributed by atoms with E-state index in [1.54, 1.807) is 6.20 Å². The Labute approximate surface area is 144 Å². The van der Waals surface area contributed by atoms with Gasteiger partial charge in [-0.3, -0.25) is 9.69 Å². The number of amides is 1. The Morgan fingerprint density at radius 3 is 2.83 bits per heavy atom. The monoisotopic (exact) mass is 332 g/mol. The summed E-state index contributed by atoms with van der Waals surface area (Å²) in [7, 11) is 3.91. The molecular weight excluding hydrogens is 304 g/mol. The summed E-state index contributed by atoms with van der Waals surface area (Å²) in [6.07, 6.45) is 5.17. The minimum Gasteiger partial charge on any atom is -0.485 e. The van der Waals surface area contributed by atoms with Crippen LogP contribution >= 0.6 is 0 Å². The van der Waals surface area contributed by atoms with Crippen molar-refractivity contribution in [1.29, 1.82) is 0 Å². The van der Waals surface area contributed by atoms with Crippen LogP contribution in [0, 0.1) is 0 Å². The fraction of sp³-hybridized carbons (Fsp3) is 0.667. The second-order valence-electron chi connectivity index (χ2n) is 6.88. The highest BCUT2D eigenvalue weighted by molar-refractivity contribution is 5.78. The van der Waals surface area contributed by atoms with Gasteiger partial charge in [0.25, 0.3) is 0 Å². The number of hydrogen-bond donors (Lipinski definition) is 0. The molecule has 0 N–H and O–H groups in total. The van der Waals surface area contributed by atoms with Crippen LogP contribution in [0.3, 0.4) is 0 Å². The average molecular weight is 332 g/mol. The van der Waals surface area contributed by atoms with Gasteiger partial charge >= 0.3 is 0 Å². The van der Waals surface area contributed by atoms with Crippen LogP contribution in [0.15, 0.2) is 18.3 Å². The van der Waals surface area contributed by atoms with Crippen LogP contribution < -0.4 is 9.64 Å². The van der Waals surface area contributed by atoms with E-state index in [-0.39, 0.29) is 12.0 Å². The molecule has 0 radical (unpaired) electrons. The highest BCUT2D eigenvalue weighted by Crippen LogP contribution is 2.28. The minimum atomic E-state index is 0.0489. The van der Waals surface area contributed by atoms with E-state index in [0.29, 0.717) is 19.1 Å². The summed E-state index contributed by atoms with van der Waals surface area (Å²) in [6, 6.07) is 4.46. The normalized spacial score (nSPS) is 20.5. The number of pyridine rings is 1. The maximum absolute atomic E-state index is 12.5. The summed E-state index contributed by atoms with van der Waals surface area (Å²) in [6.45, 7) is 5.08. The zero-order valence-corrected chi connectivity index (χ0v) is 14.9. The molecular formula is C18H28N4O2. The molecule has 2 heterocycles. The number of anilines is 1. The molecule has 1 aliphatic carbocycles. The van der Waals surface area contributed by atoms with Gasteiger partial charge in [0, 0.05) is 39.3 Å². The second kappa shape index (κ2) is 7.38. The molecule has 1 aromatic rings. The van der Waals surface area contributed by atoms with Gasteiger partial charge in [0.2, 0.25) is 5.91 Å². The van der Waals surface area contributed by atoms with Gasteiger partial charge in [-0.15, -0.1) is 0 Å². The number of carbonyl (C=O) groups is 1. The van der Waals surface area contributed by atoms with Crippen molar-refractivity contribution in [2.24, 2.45) is 0 Å². The Kier molecular flexibility index (Phi) is 5.23. The van der Waals surface area contributed by atoms with Gasteiger partial charge < -0.3 is 14.5 Å². The van der Waals surface area contributed by atoms with E-state index in [1.165, 1.54) is 12.8 Å². The van der Waals surface area contributed by atoms with Gasteiger partial charge in [-0.05, 0) is 31.5 Å². The van der Waals surface area contributed by atoms with E-state index in [9.17, 15) is 4.79 Å². The van der Waals surface area contributed by atoms with Crippen LogP contribution in [0.1, 0.15) is 26.2 Å². The van der Waals surface area contributed by atoms with E-state index in [4.69, 9.17) is 4.74 Å². The van der Waals surface area contributed by atoms with Crippen LogP contribution in [-0.2, 0) is 4.79 Å². The predicted octanol–water partition coefficient (Wildman–Crippen LogP) is 1.61. The number of carbonyl (C=O) groups excluding carboxylic acids is 1. The van der Waals surface area contributed by atoms with Crippen molar-refractivity contribution in [3.8, 4) is 5.75 Å². The number of nitrogens with zero attached hydrogens (tertiary/aromatic N) is 4. The smallest absolute Gasteiger partial charge is 0.236 e. The fourth-order valence-electron chi connectivity index (χ4n) is 3.25. The highest BCUT2D eigenvalue weighted by Gasteiger charge is 2.33. The number of likely N-dealkylation sites (N-methyl/N-ethyl adjacent to an activating group) is 1. The first-order valence-electron chi connectivity index (χ1n) is 8.89. The average Bonchev–Trinajstić information content (AvgIpc) is 3.31. The summed E-state index contributed by atoms with van der Waals surface area (Å²) in [4.78, 5) is 23.1. The third-order valence-corrected chi connectivity index (χ3v) is 4.77. The van der Waals surface area contributed by atoms with Crippen molar-refractivity contribution in [3.05, 3.63) is 18.3 Å². The quantitative estimate of drug-likeness (QED) is 0.759. The molecule has 2 fully saturated rings. The van der Waals surface area contributed by atoms with E-state index < -0.39 is 0 Å². The van der Waals surface area contributed by atoms with Crippen LogP contribution in [0.5, 0.6) is 5.75 Å². The van der Waals surface area contributed by atoms with Crippen LogP contribution in [0.25, 0.3) is 0 Å². The Bertz CT molecular complexity index is 574. The lowest BCUT2D eigenvalue weighted by atomic mass is 10.3. The molecule has 1 aliphatic heterocycles. The van der Waals surface area contributed by atoms with E-state index in [0.717, 1.165) is 31.1 Å². The zero-order chi connectivity index (χ0) is 17.1. The van der Waals surface area contributed by atoms with Gasteiger partial charge in [0.15, 0.2) is 11.6 Å². The lowest BCUT2D eigenvalue weighted by Gasteiger charge is -2.24. The summed E-state index contributed by atoms with van der Waals surface area (Å²) in [5.74, 6) is 1.84. The standard InChI is InChI=1S/C18H28N4O2/c1-4-21(14-7-8-14)13-17(23)22-11-9-15(12-22)24-16-6-5-10-19-18(16)20(2)3/h5-6,10,14-15H,4,7-9,11-13H2,1-3H3. The van der Waals surface area contributed by atoms with E-state index >= 15 is 0 Å². The molecule has 6 heteroatoms. The topological polar surface area (TPSA) is 48.9 Å². The van der Waals surface area contributed by atoms with E-state index in [1.807, 2.05) is 36.0 Å². The Balaban J connectivity index is 1.54. The molecule has 3 rings (SSSR count). The third kappa shape index (κ3) is 3.98. The first-order valence-corrected chi connectivity index (χ1v) is 8.89. The van der Waals surface area contributed by atoms with Gasteiger partial charge in [-0.1, -0.05) is 6.92 Å². The lowest BCUT2D eigenvalue weighted by Crippen LogP contribution is -2.40. The summed E-state index contributed by atoms with van der Waals surface area (Å²) < 4.78 is 6.13. The minimum absolute atomic E-state index is 0.0489. The predicted molar refractivity (Wildman–Crippen MR) is 94.4 cm³/mol. The molecule has 2 aliphatic rings. The third-order valence-electron chi connectivity index (χ3n) is 4.77. The molecule has 1 unspecified atom stereocenters. The van der Waals surface area contributed by atoms with Crippen molar-refractivity contribution >= 4 is 11.7 Å². The summed E-state index contributed by atoms with van der Waals surface area (Å²) in [5.41, 5.74) is 0. The number of hydrogen-bond acceptors (Lipinski definition) is 5. The SMILES string of the molecule is CCN(CC(=O)N1CCC(Oc2cccnc2N(C)C)C1)C1CC1. The largest absolute Gasteiger partial charge is 0.485 e. The zero-order valence-electron chi connectivity index (χ0n) is 14.9. The molecule has 1 saturated carbocycles. The molecule has 132 valence electrons. The van der Waals surface area contributed by atoms with Gasteiger partial charge in [-0.25, -0.2) is 4.98 Å². The number of ether oxygens (including phenoxy) is 1. The molecule has 0 spiro atoms. The molecule has 1 aromatic heterocycles. The first-order chi connectivity index (χ1) is 11.6. The number of likely N-dealkylation sites (tertiary alicyclic amines) is 1. The molecule has 6 nitrogen and oxygen atoms in total. The van der Waals surface area contributed by atoms with Crippen LogP contribution in [0.4, 0.5) is 5.82 Å². The molecule has 0 aromatic carbocycles. The molecule has 1 atom stereocenters. The summed E-state index contributed by atoms with van der Waals surface area (Å²) in [5, 5.41) is 0. The molecule has 24 heavy (non-hydrogen) atoms. The second-order valence-corrected chi connectivity index (χ2v) is 6.88. The highest BCUT2D eigenvalue weighted by atomic mass is 16.5. The molecule has 1 amide bonds. The van der Waals surface area contributed by atoms with Gasteiger partial charge in [0.1, 0.15) is 6.10 Å². The Hall–Kier alpha value is -1.82. The maximum Gasteiger partial charge on any atom is 0.236 e. The van der Waals surface area contributed by atoms with Crippen molar-refractivity contribution in [1.82, 2.24) is 14.8 Å². The maximum atomic E-state index is 12.5. The Morgan fingerprint density at radius 1 is 1.38 bits per heavy atom. The molecule has 0 bridgehead atoms. The van der Waals surface area contributed by atoms with Gasteiger partial charge in [-0.2, -0.15) is 0 Å². The van der Waals surface area contributed by atoms with Crippen molar-refractivity contribution < 1.29 is 9.53 Å². The van der Waals surface area contributed by atoms with Crippen LogP contribution in [0.2, 0.25) is 0 Å². The van der Waals surface area contributed by atoms with Gasteiger partial charge in [0.05, 0.1) is 13.1 Å². The summed E-state index contributed by atoms with van der Waals surface area (Å²) >= 11 is 0. The van der Waals surface area contributed by atoms with Crippen molar-refractivity contribution in [2.45, 2.75) is 38.3 Å². The molecule has 1 saturated heterocycles. The van der Waals surface area contributed by atoms with E-state index in [2.05, 4.69) is 16.8 Å². The first kappa shape index (κ1) is 17.0. The van der Waals surface area contributed by atoms with Crippen molar-refractivity contribution in [2.75, 3.05) is 45.2 Å². The van der Waals surface area contributed by atoms with Crippen LogP contribution in [-0.4, -0.2) is 73.1 Å².